The first-order valence-corrected chi connectivity index (χ1v) is 9.21. The summed E-state index contributed by atoms with van der Waals surface area (Å²) < 4.78 is 28.5. The van der Waals surface area contributed by atoms with Gasteiger partial charge in [-0.25, -0.2) is 0 Å². The zero-order valence-electron chi connectivity index (χ0n) is 12.0. The predicted molar refractivity (Wildman–Crippen MR) is 82.8 cm³/mol. The highest BCUT2D eigenvalue weighted by molar-refractivity contribution is 7.86. The van der Waals surface area contributed by atoms with Gasteiger partial charge in [-0.05, 0) is 43.7 Å². The summed E-state index contributed by atoms with van der Waals surface area (Å²) in [5, 5.41) is 1.97. The van der Waals surface area contributed by atoms with Crippen molar-refractivity contribution in [3.63, 3.8) is 0 Å². The van der Waals surface area contributed by atoms with Crippen molar-refractivity contribution in [3.05, 3.63) is 22.4 Å². The van der Waals surface area contributed by atoms with Crippen LogP contribution in [0.3, 0.4) is 0 Å². The second-order valence-electron chi connectivity index (χ2n) is 5.32. The first kappa shape index (κ1) is 15.9. The number of hydrogen-bond donors (Lipinski definition) is 1. The number of nitrogens with zero attached hydrogens (tertiary/aromatic N) is 2. The molecular weight excluding hydrogens is 294 g/mol. The Morgan fingerprint density at radius 2 is 2.35 bits per heavy atom. The fourth-order valence-corrected chi connectivity index (χ4v) is 5.05. The first-order valence-electron chi connectivity index (χ1n) is 6.93. The molecule has 1 aliphatic rings. The van der Waals surface area contributed by atoms with Crippen LogP contribution in [0.25, 0.3) is 0 Å². The zero-order chi connectivity index (χ0) is 14.8. The van der Waals surface area contributed by atoms with Crippen LogP contribution >= 0.6 is 11.3 Å². The van der Waals surface area contributed by atoms with Crippen molar-refractivity contribution >= 4 is 21.5 Å². The van der Waals surface area contributed by atoms with Crippen LogP contribution in [0.1, 0.15) is 30.7 Å². The maximum atomic E-state index is 12.7. The normalized spacial score (nSPS) is 23.1. The Kier molecular flexibility index (Phi) is 5.19. The van der Waals surface area contributed by atoms with E-state index in [2.05, 4.69) is 0 Å². The van der Waals surface area contributed by atoms with Gasteiger partial charge in [0.1, 0.15) is 0 Å². The van der Waals surface area contributed by atoms with E-state index in [9.17, 15) is 8.42 Å². The van der Waals surface area contributed by atoms with E-state index in [4.69, 9.17) is 5.73 Å². The Hall–Kier alpha value is -0.470. The molecule has 2 N–H and O–H groups in total. The fraction of sp³-hybridized carbons (Fsp3) is 0.692. The van der Waals surface area contributed by atoms with Crippen molar-refractivity contribution in [2.45, 2.75) is 25.8 Å². The second-order valence-corrected chi connectivity index (χ2v) is 8.28. The molecule has 1 aromatic heterocycles. The van der Waals surface area contributed by atoms with Crippen LogP contribution in [-0.2, 0) is 10.2 Å². The molecule has 2 rings (SSSR count). The highest BCUT2D eigenvalue weighted by Gasteiger charge is 2.34. The van der Waals surface area contributed by atoms with Crippen LogP contribution in [0.4, 0.5) is 0 Å². The number of piperidine rings is 1. The van der Waals surface area contributed by atoms with Crippen LogP contribution in [0, 0.1) is 5.92 Å². The monoisotopic (exact) mass is 317 g/mol. The topological polar surface area (TPSA) is 66.6 Å². The van der Waals surface area contributed by atoms with Gasteiger partial charge in [-0.3, -0.25) is 0 Å². The minimum atomic E-state index is -3.41. The molecule has 114 valence electrons. The molecule has 0 aromatic carbocycles. The Morgan fingerprint density at radius 1 is 1.60 bits per heavy atom. The average molecular weight is 317 g/mol. The zero-order valence-corrected chi connectivity index (χ0v) is 13.7. The van der Waals surface area contributed by atoms with Crippen molar-refractivity contribution in [3.8, 4) is 0 Å². The molecule has 1 saturated heterocycles. The third-order valence-corrected chi connectivity index (χ3v) is 7.08. The summed E-state index contributed by atoms with van der Waals surface area (Å²) in [5.74, 6) is 0.281. The molecule has 0 saturated carbocycles. The molecule has 2 heterocycles. The Labute approximate surface area is 125 Å². The molecule has 1 aromatic rings. The van der Waals surface area contributed by atoms with Gasteiger partial charge in [0.2, 0.25) is 0 Å². The minimum Gasteiger partial charge on any atom is -0.330 e. The number of hydrogen-bond acceptors (Lipinski definition) is 4. The van der Waals surface area contributed by atoms with Crippen molar-refractivity contribution < 1.29 is 8.42 Å². The van der Waals surface area contributed by atoms with E-state index in [-0.39, 0.29) is 12.0 Å². The summed E-state index contributed by atoms with van der Waals surface area (Å²) in [7, 11) is -1.75. The van der Waals surface area contributed by atoms with Gasteiger partial charge in [0.25, 0.3) is 10.2 Å². The van der Waals surface area contributed by atoms with Crippen molar-refractivity contribution in [1.82, 2.24) is 8.61 Å². The van der Waals surface area contributed by atoms with Gasteiger partial charge in [-0.15, -0.1) is 11.3 Å². The smallest absolute Gasteiger partial charge is 0.282 e. The molecule has 0 aliphatic carbocycles. The highest BCUT2D eigenvalue weighted by Crippen LogP contribution is 2.28. The average Bonchev–Trinajstić information content (AvgIpc) is 3.00. The molecule has 0 amide bonds. The lowest BCUT2D eigenvalue weighted by molar-refractivity contribution is 0.248. The van der Waals surface area contributed by atoms with Gasteiger partial charge < -0.3 is 5.73 Å². The molecule has 5 nitrogen and oxygen atoms in total. The van der Waals surface area contributed by atoms with E-state index >= 15 is 0 Å². The SMILES string of the molecule is CC(c1cccs1)N(C)S(=O)(=O)N1CCCC(CN)C1. The fourth-order valence-electron chi connectivity index (χ4n) is 2.52. The van der Waals surface area contributed by atoms with Crippen LogP contribution in [0.2, 0.25) is 0 Å². The van der Waals surface area contributed by atoms with Gasteiger partial charge in [-0.2, -0.15) is 17.0 Å². The van der Waals surface area contributed by atoms with Gasteiger partial charge >= 0.3 is 0 Å². The molecule has 1 aliphatic heterocycles. The summed E-state index contributed by atoms with van der Waals surface area (Å²) in [6.07, 6.45) is 1.91. The van der Waals surface area contributed by atoms with E-state index in [1.165, 1.54) is 4.31 Å². The molecule has 20 heavy (non-hydrogen) atoms. The van der Waals surface area contributed by atoms with E-state index in [1.807, 2.05) is 24.4 Å². The Morgan fingerprint density at radius 3 is 2.95 bits per heavy atom. The van der Waals surface area contributed by atoms with Gasteiger partial charge in [0, 0.05) is 25.0 Å². The summed E-state index contributed by atoms with van der Waals surface area (Å²) in [6, 6.07) is 3.78. The lowest BCUT2D eigenvalue weighted by atomic mass is 10.0. The van der Waals surface area contributed by atoms with Crippen LogP contribution < -0.4 is 5.73 Å². The lowest BCUT2D eigenvalue weighted by Crippen LogP contribution is -2.48. The molecule has 0 radical (unpaired) electrons. The van der Waals surface area contributed by atoms with Gasteiger partial charge in [-0.1, -0.05) is 6.07 Å². The third-order valence-electron chi connectivity index (χ3n) is 4.01. The molecular formula is C13H23N3O2S2. The molecule has 0 spiro atoms. The van der Waals surface area contributed by atoms with E-state index in [0.717, 1.165) is 17.7 Å². The van der Waals surface area contributed by atoms with Crippen LogP contribution in [0.15, 0.2) is 17.5 Å². The maximum absolute atomic E-state index is 12.7. The largest absolute Gasteiger partial charge is 0.330 e. The molecule has 2 atom stereocenters. The van der Waals surface area contributed by atoms with Gasteiger partial charge in [0.05, 0.1) is 6.04 Å². The maximum Gasteiger partial charge on any atom is 0.282 e. The Bertz CT molecular complexity index is 516. The number of nitrogens with two attached hydrogens (primary N) is 1. The van der Waals surface area contributed by atoms with E-state index < -0.39 is 10.2 Å². The first-order chi connectivity index (χ1) is 9.46. The van der Waals surface area contributed by atoms with Crippen molar-refractivity contribution in [2.24, 2.45) is 11.7 Å². The highest BCUT2D eigenvalue weighted by atomic mass is 32.2. The predicted octanol–water partition coefficient (Wildman–Crippen LogP) is 1.66. The number of rotatable bonds is 5. The summed E-state index contributed by atoms with van der Waals surface area (Å²) >= 11 is 1.58. The summed E-state index contributed by atoms with van der Waals surface area (Å²) in [6.45, 7) is 3.62. The van der Waals surface area contributed by atoms with Crippen molar-refractivity contribution in [2.75, 3.05) is 26.7 Å². The van der Waals surface area contributed by atoms with Crippen LogP contribution in [0.5, 0.6) is 0 Å². The van der Waals surface area contributed by atoms with E-state index in [0.29, 0.717) is 19.6 Å². The van der Waals surface area contributed by atoms with E-state index in [1.54, 1.807) is 22.7 Å². The summed E-state index contributed by atoms with van der Waals surface area (Å²) in [4.78, 5) is 1.06. The second kappa shape index (κ2) is 6.53. The standard InChI is InChI=1S/C13H23N3O2S2/c1-11(13-6-4-8-19-13)15(2)20(17,18)16-7-3-5-12(9-14)10-16/h4,6,8,11-12H,3,5,7,9-10,14H2,1-2H3. The Balaban J connectivity index is 2.13. The number of thiophene rings is 1. The van der Waals surface area contributed by atoms with Crippen LogP contribution in [-0.4, -0.2) is 43.7 Å². The lowest BCUT2D eigenvalue weighted by Gasteiger charge is -2.35. The molecule has 2 unspecified atom stereocenters. The molecule has 1 fully saturated rings. The third kappa shape index (κ3) is 3.23. The molecule has 7 heteroatoms. The molecule has 0 bridgehead atoms. The van der Waals surface area contributed by atoms with Gasteiger partial charge in [0.15, 0.2) is 0 Å². The summed E-state index contributed by atoms with van der Waals surface area (Å²) in [5.41, 5.74) is 5.69. The quantitative estimate of drug-likeness (QED) is 0.898. The minimum absolute atomic E-state index is 0.141. The van der Waals surface area contributed by atoms with Crippen molar-refractivity contribution in [1.29, 1.82) is 0 Å².